The van der Waals surface area contributed by atoms with E-state index in [1.165, 1.54) is 4.68 Å². The molecule has 3 rings (SSSR count). The van der Waals surface area contributed by atoms with Crippen LogP contribution in [0.1, 0.15) is 12.5 Å². The highest BCUT2D eigenvalue weighted by atomic mass is 16.2. The summed E-state index contributed by atoms with van der Waals surface area (Å²) in [7, 11) is 0. The third-order valence-corrected chi connectivity index (χ3v) is 3.18. The third kappa shape index (κ3) is 1.24. The van der Waals surface area contributed by atoms with Crippen molar-refractivity contribution in [2.45, 2.75) is 13.3 Å². The summed E-state index contributed by atoms with van der Waals surface area (Å²) < 4.78 is 1.45. The molecule has 2 aromatic carbocycles. The van der Waals surface area contributed by atoms with Gasteiger partial charge in [-0.15, -0.1) is 0 Å². The number of aromatic nitrogens is 2. The fourth-order valence-corrected chi connectivity index (χ4v) is 2.07. The molecule has 1 heterocycles. The first-order valence-corrected chi connectivity index (χ1v) is 5.69. The van der Waals surface area contributed by atoms with Crippen molar-refractivity contribution in [2.24, 2.45) is 0 Å². The van der Waals surface area contributed by atoms with Crippen LogP contribution >= 0.6 is 0 Å². The number of anilines is 1. The lowest BCUT2D eigenvalue weighted by atomic mass is 10.1. The molecule has 0 aliphatic rings. The topological polar surface area (TPSA) is 78.0 Å². The summed E-state index contributed by atoms with van der Waals surface area (Å²) in [6, 6.07) is 5.91. The van der Waals surface area contributed by atoms with Gasteiger partial charge in [0.1, 0.15) is 11.4 Å². The molecule has 0 bridgehead atoms. The van der Waals surface area contributed by atoms with Gasteiger partial charge in [-0.3, -0.25) is 9.59 Å². The zero-order valence-corrected chi connectivity index (χ0v) is 9.80. The van der Waals surface area contributed by atoms with E-state index in [1.54, 1.807) is 6.20 Å². The predicted molar refractivity (Wildman–Crippen MR) is 69.8 cm³/mol. The number of nitrogens with zero attached hydrogens (tertiary/aromatic N) is 2. The Hall–Kier alpha value is -2.43. The van der Waals surface area contributed by atoms with E-state index in [9.17, 15) is 9.59 Å². The molecule has 0 aliphatic heterocycles. The van der Waals surface area contributed by atoms with Gasteiger partial charge in [0, 0.05) is 5.39 Å². The van der Waals surface area contributed by atoms with Crippen LogP contribution in [0.3, 0.4) is 0 Å². The maximum absolute atomic E-state index is 11.5. The molecule has 0 saturated heterocycles. The predicted octanol–water partition coefficient (Wildman–Crippen LogP) is 0.766. The van der Waals surface area contributed by atoms with Crippen molar-refractivity contribution in [1.82, 2.24) is 9.78 Å². The standard InChI is InChI=1S/C13H11N3O2/c1-2-7-3-4-8-6-15-16(9(8)5-7)11-10(14)12(17)13(11)18/h3-6H,2,14H2,1H3. The Balaban J connectivity index is 2.31. The summed E-state index contributed by atoms with van der Waals surface area (Å²) in [6.07, 6.45) is 2.55. The maximum Gasteiger partial charge on any atom is 0.255 e. The normalized spacial score (nSPS) is 11.4. The first-order valence-electron chi connectivity index (χ1n) is 5.69. The molecule has 3 aromatic rings. The molecule has 0 fully saturated rings. The van der Waals surface area contributed by atoms with E-state index in [4.69, 9.17) is 5.73 Å². The van der Waals surface area contributed by atoms with E-state index >= 15 is 0 Å². The summed E-state index contributed by atoms with van der Waals surface area (Å²) in [5, 5.41) is 5.05. The van der Waals surface area contributed by atoms with Gasteiger partial charge in [-0.2, -0.15) is 5.10 Å². The van der Waals surface area contributed by atoms with Gasteiger partial charge in [0.05, 0.1) is 11.7 Å². The van der Waals surface area contributed by atoms with Crippen LogP contribution in [0.15, 0.2) is 34.0 Å². The van der Waals surface area contributed by atoms with E-state index in [0.717, 1.165) is 22.9 Å². The van der Waals surface area contributed by atoms with Gasteiger partial charge in [-0.25, -0.2) is 4.68 Å². The Labute approximate surface area is 102 Å². The first-order chi connectivity index (χ1) is 8.63. The first kappa shape index (κ1) is 10.7. The van der Waals surface area contributed by atoms with E-state index in [2.05, 4.69) is 5.10 Å². The number of nitrogens with two attached hydrogens (primary N) is 1. The molecule has 0 radical (unpaired) electrons. The van der Waals surface area contributed by atoms with Crippen molar-refractivity contribution in [3.05, 3.63) is 50.4 Å². The van der Waals surface area contributed by atoms with E-state index in [1.807, 2.05) is 25.1 Å². The second kappa shape index (κ2) is 3.53. The van der Waals surface area contributed by atoms with Crippen LogP contribution in [0, 0.1) is 0 Å². The van der Waals surface area contributed by atoms with Crippen molar-refractivity contribution < 1.29 is 0 Å². The monoisotopic (exact) mass is 241 g/mol. The molecule has 5 nitrogen and oxygen atoms in total. The van der Waals surface area contributed by atoms with Crippen molar-refractivity contribution in [2.75, 3.05) is 5.73 Å². The van der Waals surface area contributed by atoms with Gasteiger partial charge in [-0.1, -0.05) is 19.1 Å². The zero-order valence-electron chi connectivity index (χ0n) is 9.80. The molecule has 18 heavy (non-hydrogen) atoms. The second-order valence-electron chi connectivity index (χ2n) is 4.22. The molecule has 90 valence electrons. The third-order valence-electron chi connectivity index (χ3n) is 3.18. The summed E-state index contributed by atoms with van der Waals surface area (Å²) in [5.74, 6) is 0. The Morgan fingerprint density at radius 3 is 2.72 bits per heavy atom. The lowest BCUT2D eigenvalue weighted by Crippen LogP contribution is -2.38. The zero-order chi connectivity index (χ0) is 12.9. The maximum atomic E-state index is 11.5. The van der Waals surface area contributed by atoms with Crippen LogP contribution < -0.4 is 16.6 Å². The van der Waals surface area contributed by atoms with Gasteiger partial charge >= 0.3 is 0 Å². The Morgan fingerprint density at radius 1 is 1.28 bits per heavy atom. The fraction of sp³-hybridized carbons (Fsp3) is 0.154. The number of nitrogen functional groups attached to an aromatic ring is 1. The molecule has 2 N–H and O–H groups in total. The minimum atomic E-state index is -0.625. The van der Waals surface area contributed by atoms with E-state index in [0.29, 0.717) is 0 Å². The van der Waals surface area contributed by atoms with Crippen LogP contribution in [0.2, 0.25) is 0 Å². The Bertz CT molecular complexity index is 823. The molecule has 0 spiro atoms. The van der Waals surface area contributed by atoms with Gasteiger partial charge in [0.15, 0.2) is 0 Å². The van der Waals surface area contributed by atoms with Crippen LogP contribution in [-0.2, 0) is 6.42 Å². The van der Waals surface area contributed by atoms with Crippen molar-refractivity contribution >= 4 is 16.6 Å². The number of rotatable bonds is 2. The number of hydrogen-bond donors (Lipinski definition) is 1. The highest BCUT2D eigenvalue weighted by Gasteiger charge is 2.21. The van der Waals surface area contributed by atoms with Crippen molar-refractivity contribution in [3.63, 3.8) is 0 Å². The fourth-order valence-electron chi connectivity index (χ4n) is 2.07. The SMILES string of the molecule is CCc1ccc2cnn(-c3c(N)c(=O)c3=O)c2c1. The van der Waals surface area contributed by atoms with Gasteiger partial charge in [0.2, 0.25) is 0 Å². The quantitative estimate of drug-likeness (QED) is 0.672. The second-order valence-corrected chi connectivity index (χ2v) is 4.22. The summed E-state index contributed by atoms with van der Waals surface area (Å²) in [5.41, 5.74) is 6.48. The molecule has 0 amide bonds. The summed E-state index contributed by atoms with van der Waals surface area (Å²) >= 11 is 0. The number of benzene rings is 1. The van der Waals surface area contributed by atoms with Crippen molar-refractivity contribution in [1.29, 1.82) is 0 Å². The molecule has 1 aromatic heterocycles. The van der Waals surface area contributed by atoms with Gasteiger partial charge < -0.3 is 5.73 Å². The lowest BCUT2D eigenvalue weighted by molar-refractivity contribution is 0.892. The molecule has 5 heteroatoms. The largest absolute Gasteiger partial charge is 0.394 e. The Kier molecular flexibility index (Phi) is 2.10. The van der Waals surface area contributed by atoms with Crippen LogP contribution in [-0.4, -0.2) is 9.78 Å². The molecule has 0 unspecified atom stereocenters. The molecule has 0 aliphatic carbocycles. The van der Waals surface area contributed by atoms with Crippen LogP contribution in [0.4, 0.5) is 5.69 Å². The minimum absolute atomic E-state index is 0.00750. The lowest BCUT2D eigenvalue weighted by Gasteiger charge is -2.08. The average molecular weight is 241 g/mol. The smallest absolute Gasteiger partial charge is 0.255 e. The Morgan fingerprint density at radius 2 is 2.06 bits per heavy atom. The highest BCUT2D eigenvalue weighted by molar-refractivity contribution is 5.82. The molecular weight excluding hydrogens is 230 g/mol. The van der Waals surface area contributed by atoms with E-state index < -0.39 is 10.9 Å². The number of aryl methyl sites for hydroxylation is 1. The molecule has 0 saturated carbocycles. The number of fused-ring (bicyclic) bond motifs is 1. The molecular formula is C13H11N3O2. The van der Waals surface area contributed by atoms with Gasteiger partial charge in [0.25, 0.3) is 10.9 Å². The van der Waals surface area contributed by atoms with Crippen molar-refractivity contribution in [3.8, 4) is 5.69 Å². The van der Waals surface area contributed by atoms with E-state index in [-0.39, 0.29) is 11.4 Å². The summed E-state index contributed by atoms with van der Waals surface area (Å²) in [6.45, 7) is 2.05. The van der Waals surface area contributed by atoms with Crippen LogP contribution in [0.5, 0.6) is 0 Å². The minimum Gasteiger partial charge on any atom is -0.394 e. The molecule has 0 atom stereocenters. The summed E-state index contributed by atoms with van der Waals surface area (Å²) in [4.78, 5) is 22.7. The average Bonchev–Trinajstić information content (AvgIpc) is 2.81. The number of hydrogen-bond acceptors (Lipinski definition) is 4. The van der Waals surface area contributed by atoms with Crippen LogP contribution in [0.25, 0.3) is 16.6 Å². The van der Waals surface area contributed by atoms with Gasteiger partial charge in [-0.05, 0) is 18.1 Å². The highest BCUT2D eigenvalue weighted by Crippen LogP contribution is 2.20.